The van der Waals surface area contributed by atoms with Crippen molar-refractivity contribution >= 4 is 17.9 Å². The first-order valence-electron chi connectivity index (χ1n) is 13.5. The highest BCUT2D eigenvalue weighted by Crippen LogP contribution is 2.83. The number of benzene rings is 1. The highest BCUT2D eigenvalue weighted by atomic mass is 16.8. The van der Waals surface area contributed by atoms with Crippen LogP contribution in [0.4, 0.5) is 0 Å². The van der Waals surface area contributed by atoms with Gasteiger partial charge in [0.2, 0.25) is 0 Å². The summed E-state index contributed by atoms with van der Waals surface area (Å²) in [7, 11) is 0. The van der Waals surface area contributed by atoms with E-state index in [2.05, 4.69) is 20.8 Å². The number of ether oxygens (including phenoxy) is 6. The van der Waals surface area contributed by atoms with E-state index in [1.54, 1.807) is 24.3 Å². The lowest BCUT2D eigenvalue weighted by atomic mass is 9.46. The molecule has 9 unspecified atom stereocenters. The second kappa shape index (κ2) is 6.87. The Hall–Kier alpha value is -2.75. The Bertz CT molecular complexity index is 1370. The van der Waals surface area contributed by atoms with Crippen molar-refractivity contribution in [2.24, 2.45) is 17.3 Å². The molecule has 0 N–H and O–H groups in total. The van der Waals surface area contributed by atoms with Crippen LogP contribution in [0.2, 0.25) is 0 Å². The van der Waals surface area contributed by atoms with Crippen molar-refractivity contribution in [3.63, 3.8) is 0 Å². The number of cyclic esters (lactones) is 1. The molecule has 0 radical (unpaired) electrons. The number of esters is 3. The molecule has 0 amide bonds. The summed E-state index contributed by atoms with van der Waals surface area (Å²) >= 11 is 0. The molecule has 38 heavy (non-hydrogen) atoms. The van der Waals surface area contributed by atoms with Crippen LogP contribution in [0.1, 0.15) is 57.3 Å². The molecule has 0 bridgehead atoms. The molecule has 1 aromatic rings. The van der Waals surface area contributed by atoms with Gasteiger partial charge in [0, 0.05) is 17.9 Å². The maximum Gasteiger partial charge on any atom is 0.342 e. The monoisotopic (exact) mass is 522 g/mol. The summed E-state index contributed by atoms with van der Waals surface area (Å²) in [5, 5.41) is 0. The van der Waals surface area contributed by atoms with Gasteiger partial charge in [0.1, 0.15) is 41.3 Å². The van der Waals surface area contributed by atoms with E-state index in [0.717, 1.165) is 17.6 Å². The quantitative estimate of drug-likeness (QED) is 0.334. The van der Waals surface area contributed by atoms with Crippen LogP contribution >= 0.6 is 0 Å². The average Bonchev–Trinajstić information content (AvgIpc) is 3.78. The van der Waals surface area contributed by atoms with Crippen LogP contribution in [0.3, 0.4) is 0 Å². The standard InChI is InChI=1S/C29H30O9/c1-13(2)27-21(37-27)22-29(38-22)26(4)10-9-15-17(12-33-23(15)31)18(26)11-20-28(29,36-20)25(27)35-24(32)16-7-5-6-8-19(16)34-14(3)30/h5-8,13,18,20-22,25H,9-12H2,1-4H3. The van der Waals surface area contributed by atoms with Crippen LogP contribution in [0, 0.1) is 17.3 Å². The number of epoxide rings is 3. The van der Waals surface area contributed by atoms with Gasteiger partial charge >= 0.3 is 17.9 Å². The molecule has 2 saturated carbocycles. The van der Waals surface area contributed by atoms with Gasteiger partial charge in [-0.3, -0.25) is 4.79 Å². The Morgan fingerprint density at radius 2 is 1.89 bits per heavy atom. The summed E-state index contributed by atoms with van der Waals surface area (Å²) in [6.45, 7) is 8.01. The normalized spacial score (nSPS) is 46.4. The molecule has 200 valence electrons. The largest absolute Gasteiger partial charge is 0.458 e. The third-order valence-electron chi connectivity index (χ3n) is 10.7. The molecule has 2 spiro atoms. The van der Waals surface area contributed by atoms with Gasteiger partial charge in [-0.1, -0.05) is 32.9 Å². The summed E-state index contributed by atoms with van der Waals surface area (Å²) < 4.78 is 37.0. The van der Waals surface area contributed by atoms with E-state index in [9.17, 15) is 14.4 Å². The zero-order chi connectivity index (χ0) is 26.4. The van der Waals surface area contributed by atoms with Crippen LogP contribution in [-0.4, -0.2) is 65.7 Å². The third kappa shape index (κ3) is 2.39. The van der Waals surface area contributed by atoms with Crippen LogP contribution in [-0.2, 0) is 33.3 Å². The van der Waals surface area contributed by atoms with Crippen molar-refractivity contribution in [3.8, 4) is 5.75 Å². The molecule has 1 aromatic carbocycles. The summed E-state index contributed by atoms with van der Waals surface area (Å²) in [6, 6.07) is 6.58. The molecule has 4 heterocycles. The minimum atomic E-state index is -0.840. The SMILES string of the molecule is CC(=O)Oc1ccccc1C(=O)OC1C2(C(C)C)OC2C2OC23C2(C)CCC4=C(COC4=O)C2CC2OC213. The molecular weight excluding hydrogens is 492 g/mol. The highest BCUT2D eigenvalue weighted by Gasteiger charge is 3.01. The first-order valence-corrected chi connectivity index (χ1v) is 13.5. The van der Waals surface area contributed by atoms with E-state index in [0.29, 0.717) is 19.4 Å². The van der Waals surface area contributed by atoms with Gasteiger partial charge in [0.15, 0.2) is 11.7 Å². The minimum Gasteiger partial charge on any atom is -0.458 e. The number of hydrogen-bond acceptors (Lipinski definition) is 9. The lowest BCUT2D eigenvalue weighted by Gasteiger charge is -2.53. The second-order valence-corrected chi connectivity index (χ2v) is 12.4. The van der Waals surface area contributed by atoms with Crippen molar-refractivity contribution < 1.29 is 42.8 Å². The van der Waals surface area contributed by atoms with Gasteiger partial charge < -0.3 is 28.4 Å². The predicted octanol–water partition coefficient (Wildman–Crippen LogP) is 2.89. The van der Waals surface area contributed by atoms with Crippen LogP contribution in [0.15, 0.2) is 35.4 Å². The lowest BCUT2D eigenvalue weighted by molar-refractivity contribution is -0.136. The molecule has 8 rings (SSSR count). The van der Waals surface area contributed by atoms with Gasteiger partial charge in [-0.15, -0.1) is 0 Å². The van der Waals surface area contributed by atoms with Crippen molar-refractivity contribution in [2.45, 2.75) is 88.2 Å². The molecule has 7 aliphatic rings. The zero-order valence-electron chi connectivity index (χ0n) is 21.8. The van der Waals surface area contributed by atoms with Crippen molar-refractivity contribution in [2.75, 3.05) is 6.61 Å². The van der Waals surface area contributed by atoms with Gasteiger partial charge in [0.25, 0.3) is 0 Å². The molecule has 3 aliphatic carbocycles. The van der Waals surface area contributed by atoms with E-state index in [1.165, 1.54) is 6.92 Å². The van der Waals surface area contributed by atoms with E-state index < -0.39 is 34.8 Å². The number of hydrogen-bond donors (Lipinski definition) is 0. The summed E-state index contributed by atoms with van der Waals surface area (Å²) in [4.78, 5) is 37.8. The van der Waals surface area contributed by atoms with Crippen molar-refractivity contribution in [1.29, 1.82) is 0 Å². The molecule has 9 heteroatoms. The Balaban J connectivity index is 1.21. The smallest absolute Gasteiger partial charge is 0.342 e. The van der Waals surface area contributed by atoms with Crippen molar-refractivity contribution in [1.82, 2.24) is 0 Å². The Labute approximate surface area is 219 Å². The maximum atomic E-state index is 13.7. The van der Waals surface area contributed by atoms with Crippen LogP contribution in [0.5, 0.6) is 5.75 Å². The van der Waals surface area contributed by atoms with E-state index in [1.807, 2.05) is 0 Å². The molecule has 0 aromatic heterocycles. The van der Waals surface area contributed by atoms with Gasteiger partial charge in [-0.05, 0) is 48.8 Å². The predicted molar refractivity (Wildman–Crippen MR) is 128 cm³/mol. The molecule has 4 aliphatic heterocycles. The molecule has 9 atom stereocenters. The van der Waals surface area contributed by atoms with Crippen LogP contribution in [0.25, 0.3) is 0 Å². The Morgan fingerprint density at radius 3 is 2.66 bits per heavy atom. The lowest BCUT2D eigenvalue weighted by Crippen LogP contribution is -2.70. The summed E-state index contributed by atoms with van der Waals surface area (Å²) in [6.07, 6.45) is 0.837. The summed E-state index contributed by atoms with van der Waals surface area (Å²) in [5.74, 6) is -1.02. The molecule has 3 saturated heterocycles. The number of carbonyl (C=O) groups is 3. The Morgan fingerprint density at radius 1 is 1.11 bits per heavy atom. The van der Waals surface area contributed by atoms with E-state index in [-0.39, 0.29) is 52.8 Å². The van der Waals surface area contributed by atoms with Gasteiger partial charge in [-0.25, -0.2) is 9.59 Å². The zero-order valence-corrected chi connectivity index (χ0v) is 21.8. The number of rotatable bonds is 4. The fourth-order valence-electron chi connectivity index (χ4n) is 8.89. The van der Waals surface area contributed by atoms with Gasteiger partial charge in [-0.2, -0.15) is 0 Å². The van der Waals surface area contributed by atoms with Crippen molar-refractivity contribution in [3.05, 3.63) is 41.0 Å². The third-order valence-corrected chi connectivity index (χ3v) is 10.7. The molecule has 5 fully saturated rings. The second-order valence-electron chi connectivity index (χ2n) is 12.4. The number of para-hydroxylation sites is 1. The maximum absolute atomic E-state index is 13.7. The minimum absolute atomic E-state index is 0.0440. The molecule has 9 nitrogen and oxygen atoms in total. The fraction of sp³-hybridized carbons (Fsp3) is 0.621. The van der Waals surface area contributed by atoms with Gasteiger partial charge in [0.05, 0.1) is 6.10 Å². The summed E-state index contributed by atoms with van der Waals surface area (Å²) in [5.41, 5.74) is -0.500. The molecular formula is C29H30O9. The number of fused-ring (bicyclic) bond motifs is 4. The first kappa shape index (κ1) is 23.2. The van der Waals surface area contributed by atoms with E-state index >= 15 is 0 Å². The first-order chi connectivity index (χ1) is 18.1. The topological polar surface area (TPSA) is 116 Å². The van der Waals surface area contributed by atoms with Crippen LogP contribution < -0.4 is 4.74 Å². The fourth-order valence-corrected chi connectivity index (χ4v) is 8.89. The van der Waals surface area contributed by atoms with E-state index in [4.69, 9.17) is 28.4 Å². The highest BCUT2D eigenvalue weighted by molar-refractivity contribution is 5.94. The number of carbonyl (C=O) groups excluding carboxylic acids is 3. The average molecular weight is 523 g/mol. The Kier molecular flexibility index (Phi) is 4.19.